The standard InChI is InChI=1S/C15H17F4N3O2/c16-12-6-11(15(17,18)19)4-3-9(12)7-21-13(23)10-2-1-5-22(8-10)14(20)24/h3-4,6,10H,1-2,5,7-8H2,(H2,20,24)(H,21,23)/t10-/m0/s1. The number of nitrogens with one attached hydrogen (secondary N) is 1. The van der Waals surface area contributed by atoms with Gasteiger partial charge in [-0.1, -0.05) is 6.07 Å². The summed E-state index contributed by atoms with van der Waals surface area (Å²) < 4.78 is 51.2. The lowest BCUT2D eigenvalue weighted by Gasteiger charge is -2.30. The molecule has 1 aliphatic rings. The minimum absolute atomic E-state index is 0.0427. The lowest BCUT2D eigenvalue weighted by molar-refractivity contribution is -0.137. The van der Waals surface area contributed by atoms with Gasteiger partial charge in [0.1, 0.15) is 5.82 Å². The number of hydrogen-bond acceptors (Lipinski definition) is 2. The summed E-state index contributed by atoms with van der Waals surface area (Å²) in [6.45, 7) is 0.430. The van der Waals surface area contributed by atoms with Crippen LogP contribution in [0.2, 0.25) is 0 Å². The van der Waals surface area contributed by atoms with Gasteiger partial charge in [-0.05, 0) is 25.0 Å². The number of alkyl halides is 3. The number of nitrogens with two attached hydrogens (primary N) is 1. The molecule has 0 radical (unpaired) electrons. The first-order valence-corrected chi connectivity index (χ1v) is 7.36. The molecular formula is C15H17F4N3O2. The van der Waals surface area contributed by atoms with Crippen molar-refractivity contribution in [3.63, 3.8) is 0 Å². The van der Waals surface area contributed by atoms with E-state index in [-0.39, 0.29) is 24.6 Å². The van der Waals surface area contributed by atoms with Crippen LogP contribution in [0.25, 0.3) is 0 Å². The predicted molar refractivity (Wildman–Crippen MR) is 77.1 cm³/mol. The van der Waals surface area contributed by atoms with Crippen LogP contribution in [0.5, 0.6) is 0 Å². The summed E-state index contributed by atoms with van der Waals surface area (Å²) in [6, 6.07) is 1.55. The van der Waals surface area contributed by atoms with E-state index in [1.807, 2.05) is 0 Å². The fraction of sp³-hybridized carbons (Fsp3) is 0.467. The molecule has 1 aromatic carbocycles. The highest BCUT2D eigenvalue weighted by molar-refractivity contribution is 5.80. The number of carbonyl (C=O) groups is 2. The first-order valence-electron chi connectivity index (χ1n) is 7.36. The van der Waals surface area contributed by atoms with Gasteiger partial charge in [0.25, 0.3) is 0 Å². The van der Waals surface area contributed by atoms with E-state index in [1.54, 1.807) is 0 Å². The fourth-order valence-electron chi connectivity index (χ4n) is 2.59. The van der Waals surface area contributed by atoms with E-state index in [1.165, 1.54) is 4.90 Å². The highest BCUT2D eigenvalue weighted by Crippen LogP contribution is 2.30. The van der Waals surface area contributed by atoms with Crippen molar-refractivity contribution < 1.29 is 27.2 Å². The molecular weight excluding hydrogens is 330 g/mol. The van der Waals surface area contributed by atoms with Gasteiger partial charge in [-0.3, -0.25) is 4.79 Å². The average molecular weight is 347 g/mol. The van der Waals surface area contributed by atoms with Crippen molar-refractivity contribution in [3.8, 4) is 0 Å². The van der Waals surface area contributed by atoms with Crippen LogP contribution in [-0.2, 0) is 17.5 Å². The molecule has 1 fully saturated rings. The first-order chi connectivity index (χ1) is 11.2. The number of benzene rings is 1. The maximum Gasteiger partial charge on any atom is 0.416 e. The number of rotatable bonds is 3. The van der Waals surface area contributed by atoms with Crippen LogP contribution in [0.4, 0.5) is 22.4 Å². The lowest BCUT2D eigenvalue weighted by atomic mass is 9.97. The summed E-state index contributed by atoms with van der Waals surface area (Å²) in [4.78, 5) is 24.6. The molecule has 3 N–H and O–H groups in total. The summed E-state index contributed by atoms with van der Waals surface area (Å²) in [6.07, 6.45) is -3.44. The van der Waals surface area contributed by atoms with Gasteiger partial charge in [-0.2, -0.15) is 13.2 Å². The highest BCUT2D eigenvalue weighted by atomic mass is 19.4. The molecule has 132 valence electrons. The van der Waals surface area contributed by atoms with E-state index in [0.29, 0.717) is 25.5 Å². The Labute approximate surface area is 135 Å². The van der Waals surface area contributed by atoms with E-state index >= 15 is 0 Å². The second-order valence-corrected chi connectivity index (χ2v) is 5.65. The van der Waals surface area contributed by atoms with Gasteiger partial charge in [0.15, 0.2) is 0 Å². The highest BCUT2D eigenvalue weighted by Gasteiger charge is 2.31. The van der Waals surface area contributed by atoms with Crippen molar-refractivity contribution in [3.05, 3.63) is 35.1 Å². The number of piperidine rings is 1. The molecule has 0 unspecified atom stereocenters. The van der Waals surface area contributed by atoms with Crippen molar-refractivity contribution in [2.45, 2.75) is 25.6 Å². The number of nitrogens with zero attached hydrogens (tertiary/aromatic N) is 1. The summed E-state index contributed by atoms with van der Waals surface area (Å²) in [5.74, 6) is -1.89. The monoisotopic (exact) mass is 347 g/mol. The minimum atomic E-state index is -4.62. The van der Waals surface area contributed by atoms with E-state index in [4.69, 9.17) is 5.73 Å². The van der Waals surface area contributed by atoms with Crippen LogP contribution >= 0.6 is 0 Å². The number of amides is 3. The third kappa shape index (κ3) is 4.36. The average Bonchev–Trinajstić information content (AvgIpc) is 2.52. The van der Waals surface area contributed by atoms with Gasteiger partial charge < -0.3 is 16.0 Å². The van der Waals surface area contributed by atoms with Gasteiger partial charge in [-0.15, -0.1) is 0 Å². The number of carbonyl (C=O) groups excluding carboxylic acids is 2. The van der Waals surface area contributed by atoms with Gasteiger partial charge in [0.2, 0.25) is 5.91 Å². The molecule has 9 heteroatoms. The van der Waals surface area contributed by atoms with Crippen LogP contribution in [0.3, 0.4) is 0 Å². The van der Waals surface area contributed by atoms with Crippen molar-refractivity contribution >= 4 is 11.9 Å². The molecule has 0 spiro atoms. The van der Waals surface area contributed by atoms with Crippen molar-refractivity contribution in [1.82, 2.24) is 10.2 Å². The topological polar surface area (TPSA) is 75.4 Å². The normalized spacial score (nSPS) is 18.3. The van der Waals surface area contributed by atoms with E-state index in [2.05, 4.69) is 5.32 Å². The molecule has 2 rings (SSSR count). The van der Waals surface area contributed by atoms with Crippen LogP contribution in [-0.4, -0.2) is 29.9 Å². The molecule has 5 nitrogen and oxygen atoms in total. The lowest BCUT2D eigenvalue weighted by Crippen LogP contribution is -2.47. The Morgan fingerprint density at radius 1 is 1.33 bits per heavy atom. The number of primary amides is 1. The Balaban J connectivity index is 1.95. The minimum Gasteiger partial charge on any atom is -0.352 e. The summed E-state index contributed by atoms with van der Waals surface area (Å²) >= 11 is 0. The fourth-order valence-corrected chi connectivity index (χ4v) is 2.59. The van der Waals surface area contributed by atoms with Gasteiger partial charge in [0, 0.05) is 25.2 Å². The Morgan fingerprint density at radius 3 is 2.62 bits per heavy atom. The molecule has 24 heavy (non-hydrogen) atoms. The smallest absolute Gasteiger partial charge is 0.352 e. The maximum atomic E-state index is 13.7. The SMILES string of the molecule is NC(=O)N1CCC[C@H](C(=O)NCc2ccc(C(F)(F)F)cc2F)C1. The molecule has 1 aromatic rings. The Bertz CT molecular complexity index is 634. The number of halogens is 4. The van der Waals surface area contributed by atoms with Crippen molar-refractivity contribution in [1.29, 1.82) is 0 Å². The molecule has 1 heterocycles. The van der Waals surface area contributed by atoms with Gasteiger partial charge in [0.05, 0.1) is 11.5 Å². The second kappa shape index (κ2) is 7.06. The van der Waals surface area contributed by atoms with E-state index < -0.39 is 29.5 Å². The zero-order chi connectivity index (χ0) is 17.9. The van der Waals surface area contributed by atoms with Crippen molar-refractivity contribution in [2.24, 2.45) is 11.7 Å². The molecule has 3 amide bonds. The van der Waals surface area contributed by atoms with Gasteiger partial charge >= 0.3 is 12.2 Å². The molecule has 1 aliphatic heterocycles. The molecule has 1 saturated heterocycles. The van der Waals surface area contributed by atoms with Crippen LogP contribution in [0.15, 0.2) is 18.2 Å². The van der Waals surface area contributed by atoms with E-state index in [9.17, 15) is 27.2 Å². The largest absolute Gasteiger partial charge is 0.416 e. The predicted octanol–water partition coefficient (Wildman–Crippen LogP) is 2.25. The molecule has 0 aromatic heterocycles. The third-order valence-electron chi connectivity index (χ3n) is 3.94. The molecule has 0 saturated carbocycles. The Kier molecular flexibility index (Phi) is 5.30. The summed E-state index contributed by atoms with van der Waals surface area (Å²) in [5.41, 5.74) is 4.05. The molecule has 0 bridgehead atoms. The number of urea groups is 1. The Morgan fingerprint density at radius 2 is 2.04 bits per heavy atom. The summed E-state index contributed by atoms with van der Waals surface area (Å²) in [5, 5.41) is 2.49. The molecule has 1 atom stereocenters. The summed E-state index contributed by atoms with van der Waals surface area (Å²) in [7, 11) is 0. The van der Waals surface area contributed by atoms with Crippen LogP contribution in [0.1, 0.15) is 24.0 Å². The number of hydrogen-bond donors (Lipinski definition) is 2. The van der Waals surface area contributed by atoms with Crippen molar-refractivity contribution in [2.75, 3.05) is 13.1 Å². The van der Waals surface area contributed by atoms with Crippen LogP contribution in [0, 0.1) is 11.7 Å². The zero-order valence-electron chi connectivity index (χ0n) is 12.7. The zero-order valence-corrected chi connectivity index (χ0v) is 12.7. The number of likely N-dealkylation sites (tertiary alicyclic amines) is 1. The third-order valence-corrected chi connectivity index (χ3v) is 3.94. The first kappa shape index (κ1) is 18.0. The quantitative estimate of drug-likeness (QED) is 0.823. The Hall–Kier alpha value is -2.32. The van der Waals surface area contributed by atoms with Crippen LogP contribution < -0.4 is 11.1 Å². The molecule has 0 aliphatic carbocycles. The van der Waals surface area contributed by atoms with E-state index in [0.717, 1.165) is 12.1 Å². The maximum absolute atomic E-state index is 13.7. The van der Waals surface area contributed by atoms with Gasteiger partial charge in [-0.25, -0.2) is 9.18 Å². The second-order valence-electron chi connectivity index (χ2n) is 5.65.